The Morgan fingerprint density at radius 2 is 2.00 bits per heavy atom. The topological polar surface area (TPSA) is 90.5 Å². The molecule has 90 valence electrons. The minimum atomic E-state index is -1.22. The molecule has 17 heavy (non-hydrogen) atoms. The molecule has 1 aliphatic rings. The molecule has 0 aromatic heterocycles. The Morgan fingerprint density at radius 1 is 1.35 bits per heavy atom. The summed E-state index contributed by atoms with van der Waals surface area (Å²) >= 11 is 0. The molecule has 1 heterocycles. The van der Waals surface area contributed by atoms with Crippen molar-refractivity contribution in [1.29, 1.82) is 0 Å². The highest BCUT2D eigenvalue weighted by Gasteiger charge is 2.30. The monoisotopic (exact) mass is 235 g/mol. The largest absolute Gasteiger partial charge is 0.465 e. The fourth-order valence-electron chi connectivity index (χ4n) is 1.81. The van der Waals surface area contributed by atoms with Gasteiger partial charge in [-0.1, -0.05) is 12.1 Å². The lowest BCUT2D eigenvalue weighted by Gasteiger charge is -2.20. The number of hydrogen-bond acceptors (Lipinski definition) is 3. The van der Waals surface area contributed by atoms with Gasteiger partial charge in [-0.25, -0.2) is 4.79 Å². The van der Waals surface area contributed by atoms with E-state index < -0.39 is 12.1 Å². The number of anilines is 2. The van der Waals surface area contributed by atoms with E-state index in [0.717, 1.165) is 5.69 Å². The lowest BCUT2D eigenvalue weighted by atomic mass is 10.1. The van der Waals surface area contributed by atoms with Gasteiger partial charge in [0.05, 0.1) is 17.4 Å². The van der Waals surface area contributed by atoms with Gasteiger partial charge >= 0.3 is 6.09 Å². The van der Waals surface area contributed by atoms with Gasteiger partial charge in [0.25, 0.3) is 0 Å². The van der Waals surface area contributed by atoms with Crippen molar-refractivity contribution < 1.29 is 14.7 Å². The fraction of sp³-hybridized carbons (Fsp3) is 0.273. The summed E-state index contributed by atoms with van der Waals surface area (Å²) in [7, 11) is 0. The molecule has 1 aromatic rings. The van der Waals surface area contributed by atoms with Crippen LogP contribution < -0.4 is 16.0 Å². The van der Waals surface area contributed by atoms with Gasteiger partial charge in [0.1, 0.15) is 6.04 Å². The molecule has 0 bridgehead atoms. The average molecular weight is 235 g/mol. The Labute approximate surface area is 98.0 Å². The van der Waals surface area contributed by atoms with Crippen molar-refractivity contribution in [3.8, 4) is 0 Å². The SMILES string of the molecule is C[C@@H]1Nc2ccccc2NC(=O)[C@H]1NC(=O)O. The van der Waals surface area contributed by atoms with Crippen LogP contribution in [0.2, 0.25) is 0 Å². The van der Waals surface area contributed by atoms with E-state index in [9.17, 15) is 9.59 Å². The third-order valence-corrected chi connectivity index (χ3v) is 2.63. The molecule has 1 aliphatic heterocycles. The molecule has 0 unspecified atom stereocenters. The first-order chi connectivity index (χ1) is 8.08. The average Bonchev–Trinajstić information content (AvgIpc) is 2.38. The number of benzene rings is 1. The van der Waals surface area contributed by atoms with Gasteiger partial charge in [0, 0.05) is 0 Å². The number of amides is 2. The Hall–Kier alpha value is -2.24. The smallest absolute Gasteiger partial charge is 0.405 e. The maximum Gasteiger partial charge on any atom is 0.405 e. The summed E-state index contributed by atoms with van der Waals surface area (Å²) in [6.45, 7) is 1.75. The van der Waals surface area contributed by atoms with Crippen molar-refractivity contribution in [3.05, 3.63) is 24.3 Å². The Morgan fingerprint density at radius 3 is 2.65 bits per heavy atom. The summed E-state index contributed by atoms with van der Waals surface area (Å²) in [5.74, 6) is -0.364. The third kappa shape index (κ3) is 2.30. The van der Waals surface area contributed by atoms with E-state index >= 15 is 0 Å². The first kappa shape index (κ1) is 11.3. The zero-order valence-corrected chi connectivity index (χ0v) is 9.23. The summed E-state index contributed by atoms with van der Waals surface area (Å²) in [6, 6.07) is 6.09. The van der Waals surface area contributed by atoms with E-state index in [4.69, 9.17) is 5.11 Å². The minimum absolute atomic E-state index is 0.324. The zero-order valence-electron chi connectivity index (χ0n) is 9.23. The molecule has 0 saturated heterocycles. The van der Waals surface area contributed by atoms with Gasteiger partial charge in [-0.15, -0.1) is 0 Å². The normalized spacial score (nSPS) is 22.8. The van der Waals surface area contributed by atoms with Crippen LogP contribution in [0.4, 0.5) is 16.2 Å². The highest BCUT2D eigenvalue weighted by molar-refractivity contribution is 6.01. The van der Waals surface area contributed by atoms with Crippen LogP contribution in [0.5, 0.6) is 0 Å². The number of carboxylic acid groups (broad SMARTS) is 1. The Balaban J connectivity index is 2.28. The van der Waals surface area contributed by atoms with Crippen molar-refractivity contribution in [2.75, 3.05) is 10.6 Å². The number of rotatable bonds is 1. The van der Waals surface area contributed by atoms with E-state index in [1.807, 2.05) is 12.1 Å². The van der Waals surface area contributed by atoms with E-state index in [0.29, 0.717) is 5.69 Å². The Bertz CT molecular complexity index is 461. The van der Waals surface area contributed by atoms with Crippen LogP contribution in [0.15, 0.2) is 24.3 Å². The minimum Gasteiger partial charge on any atom is -0.465 e. The van der Waals surface area contributed by atoms with E-state index in [2.05, 4.69) is 16.0 Å². The van der Waals surface area contributed by atoms with Crippen LogP contribution in [0.25, 0.3) is 0 Å². The number of para-hydroxylation sites is 2. The summed E-state index contributed by atoms with van der Waals surface area (Å²) in [5.41, 5.74) is 1.43. The predicted octanol–water partition coefficient (Wildman–Crippen LogP) is 1.08. The number of fused-ring (bicyclic) bond motifs is 1. The van der Waals surface area contributed by atoms with E-state index in [1.165, 1.54) is 0 Å². The van der Waals surface area contributed by atoms with Crippen LogP contribution in [-0.4, -0.2) is 29.2 Å². The lowest BCUT2D eigenvalue weighted by Crippen LogP contribution is -2.50. The molecule has 0 saturated carbocycles. The molecule has 0 radical (unpaired) electrons. The summed E-state index contributed by atoms with van der Waals surface area (Å²) in [4.78, 5) is 22.5. The number of hydrogen-bond donors (Lipinski definition) is 4. The van der Waals surface area contributed by atoms with Crippen molar-refractivity contribution in [1.82, 2.24) is 5.32 Å². The van der Waals surface area contributed by atoms with Gasteiger partial charge in [0.15, 0.2) is 0 Å². The third-order valence-electron chi connectivity index (χ3n) is 2.63. The molecule has 2 amide bonds. The second-order valence-electron chi connectivity index (χ2n) is 3.90. The van der Waals surface area contributed by atoms with Crippen LogP contribution in [0.3, 0.4) is 0 Å². The second-order valence-corrected chi connectivity index (χ2v) is 3.90. The first-order valence-corrected chi connectivity index (χ1v) is 5.24. The van der Waals surface area contributed by atoms with E-state index in [1.54, 1.807) is 19.1 Å². The van der Waals surface area contributed by atoms with Gasteiger partial charge in [0.2, 0.25) is 5.91 Å². The molecule has 6 heteroatoms. The molecule has 2 rings (SSSR count). The van der Waals surface area contributed by atoms with Crippen LogP contribution in [0.1, 0.15) is 6.92 Å². The van der Waals surface area contributed by atoms with Crippen LogP contribution >= 0.6 is 0 Å². The van der Waals surface area contributed by atoms with Crippen molar-refractivity contribution in [2.45, 2.75) is 19.0 Å². The zero-order chi connectivity index (χ0) is 12.4. The summed E-state index contributed by atoms with van der Waals surface area (Å²) in [5, 5.41) is 16.7. The van der Waals surface area contributed by atoms with Crippen LogP contribution in [0, 0.1) is 0 Å². The molecule has 0 spiro atoms. The predicted molar refractivity (Wildman–Crippen MR) is 63.1 cm³/mol. The van der Waals surface area contributed by atoms with Gasteiger partial charge in [-0.3, -0.25) is 4.79 Å². The maximum absolute atomic E-state index is 11.8. The quantitative estimate of drug-likeness (QED) is 0.586. The lowest BCUT2D eigenvalue weighted by molar-refractivity contribution is -0.118. The molecule has 1 aromatic carbocycles. The highest BCUT2D eigenvalue weighted by atomic mass is 16.4. The van der Waals surface area contributed by atoms with Gasteiger partial charge in [-0.05, 0) is 19.1 Å². The second kappa shape index (κ2) is 4.32. The summed E-state index contributed by atoms with van der Waals surface area (Å²) < 4.78 is 0. The molecule has 6 nitrogen and oxygen atoms in total. The molecule has 2 atom stereocenters. The fourth-order valence-corrected chi connectivity index (χ4v) is 1.81. The number of nitrogens with one attached hydrogen (secondary N) is 3. The molecular weight excluding hydrogens is 222 g/mol. The molecule has 4 N–H and O–H groups in total. The molecule has 0 aliphatic carbocycles. The van der Waals surface area contributed by atoms with Crippen molar-refractivity contribution in [3.63, 3.8) is 0 Å². The highest BCUT2D eigenvalue weighted by Crippen LogP contribution is 2.25. The van der Waals surface area contributed by atoms with Crippen molar-refractivity contribution in [2.24, 2.45) is 0 Å². The summed E-state index contributed by atoms with van der Waals surface area (Å²) in [6.07, 6.45) is -1.22. The number of carbonyl (C=O) groups is 2. The van der Waals surface area contributed by atoms with Crippen LogP contribution in [-0.2, 0) is 4.79 Å². The Kier molecular flexibility index (Phi) is 2.86. The first-order valence-electron chi connectivity index (χ1n) is 5.24. The maximum atomic E-state index is 11.8. The van der Waals surface area contributed by atoms with Gasteiger partial charge < -0.3 is 21.1 Å². The molecule has 0 fully saturated rings. The molecular formula is C11H13N3O3. The number of carbonyl (C=O) groups excluding carboxylic acids is 1. The van der Waals surface area contributed by atoms with Gasteiger partial charge in [-0.2, -0.15) is 0 Å². The van der Waals surface area contributed by atoms with E-state index in [-0.39, 0.29) is 11.9 Å². The standard InChI is InChI=1S/C11H13N3O3/c1-6-9(14-11(16)17)10(15)13-8-5-3-2-4-7(8)12-6/h2-6,9,12,14H,1H3,(H,13,15)(H,16,17)/t6-,9-/m0/s1. The van der Waals surface area contributed by atoms with Crippen molar-refractivity contribution >= 4 is 23.4 Å².